The van der Waals surface area contributed by atoms with Crippen molar-refractivity contribution >= 4 is 15.8 Å². The molecular formula is C25H55NO4P2. The zero-order valence-electron chi connectivity index (χ0n) is 22.1. The molecule has 0 amide bonds. The van der Waals surface area contributed by atoms with E-state index >= 15 is 0 Å². The lowest BCUT2D eigenvalue weighted by Gasteiger charge is -2.25. The minimum Gasteiger partial charge on any atom is -0.382 e. The van der Waals surface area contributed by atoms with E-state index in [0.29, 0.717) is 0 Å². The fraction of sp³-hybridized carbons (Fsp3) is 1.00. The molecule has 0 aliphatic rings. The van der Waals surface area contributed by atoms with Gasteiger partial charge in [0.15, 0.2) is 0 Å². The molecule has 7 heteroatoms. The van der Waals surface area contributed by atoms with Crippen LogP contribution < -0.4 is 0 Å². The zero-order chi connectivity index (χ0) is 23.7. The van der Waals surface area contributed by atoms with Crippen LogP contribution >= 0.6 is 15.8 Å². The lowest BCUT2D eigenvalue weighted by Crippen LogP contribution is -2.26. The largest absolute Gasteiger partial charge is 0.382 e. The maximum absolute atomic E-state index is 5.57. The van der Waals surface area contributed by atoms with Gasteiger partial charge in [-0.1, -0.05) is 0 Å². The van der Waals surface area contributed by atoms with Crippen LogP contribution in [0.25, 0.3) is 0 Å². The van der Waals surface area contributed by atoms with Crippen LogP contribution in [-0.4, -0.2) is 115 Å². The first-order valence-electron chi connectivity index (χ1n) is 13.1. The Hall–Kier alpha value is 0.660. The molecule has 0 aromatic rings. The second-order valence-electron chi connectivity index (χ2n) is 8.19. The molecule has 194 valence electrons. The van der Waals surface area contributed by atoms with E-state index in [-0.39, 0.29) is 15.8 Å². The summed E-state index contributed by atoms with van der Waals surface area (Å²) in [7, 11) is 2.50. The zero-order valence-corrected chi connectivity index (χ0v) is 23.9. The van der Waals surface area contributed by atoms with Crippen molar-refractivity contribution in [2.45, 2.75) is 53.4 Å². The second-order valence-corrected chi connectivity index (χ2v) is 13.6. The molecule has 0 saturated carbocycles. The lowest BCUT2D eigenvalue weighted by atomic mass is 10.5. The standard InChI is InChI=1S/C25H55NO4P2/c1-6-27-16-10-20-31(21-11-17-28-7-2)24-14-26(5)15-25-32(22-12-18-29-8-3)23-13-19-30-9-4/h6-25H2,1-5H3. The quantitative estimate of drug-likeness (QED) is 0.116. The van der Waals surface area contributed by atoms with E-state index in [2.05, 4.69) is 39.6 Å². The van der Waals surface area contributed by atoms with Gasteiger partial charge in [0.25, 0.3) is 0 Å². The van der Waals surface area contributed by atoms with Gasteiger partial charge in [0.2, 0.25) is 0 Å². The van der Waals surface area contributed by atoms with Crippen molar-refractivity contribution < 1.29 is 18.9 Å². The molecule has 0 fully saturated rings. The van der Waals surface area contributed by atoms with Crippen LogP contribution in [0.1, 0.15) is 53.4 Å². The highest BCUT2D eigenvalue weighted by molar-refractivity contribution is 7.57. The van der Waals surface area contributed by atoms with E-state index in [0.717, 1.165) is 52.9 Å². The Labute approximate surface area is 203 Å². The smallest absolute Gasteiger partial charge is 0.0469 e. The van der Waals surface area contributed by atoms with E-state index in [1.54, 1.807) is 0 Å². The second kappa shape index (κ2) is 26.3. The third-order valence-corrected chi connectivity index (χ3v) is 10.9. The van der Waals surface area contributed by atoms with Crippen LogP contribution in [0.15, 0.2) is 0 Å². The number of nitrogens with zero attached hydrogens (tertiary/aromatic N) is 1. The van der Waals surface area contributed by atoms with Gasteiger partial charge in [-0.3, -0.25) is 0 Å². The van der Waals surface area contributed by atoms with Crippen molar-refractivity contribution in [3.63, 3.8) is 0 Å². The Morgan fingerprint density at radius 2 is 0.750 bits per heavy atom. The molecule has 0 aliphatic carbocycles. The summed E-state index contributed by atoms with van der Waals surface area (Å²) in [6.07, 6.45) is 12.9. The first kappa shape index (κ1) is 32.7. The van der Waals surface area contributed by atoms with E-state index in [4.69, 9.17) is 18.9 Å². The van der Waals surface area contributed by atoms with E-state index in [1.807, 2.05) is 0 Å². The molecule has 0 aromatic carbocycles. The predicted molar refractivity (Wildman–Crippen MR) is 145 cm³/mol. The fourth-order valence-electron chi connectivity index (χ4n) is 3.55. The lowest BCUT2D eigenvalue weighted by molar-refractivity contribution is 0.148. The molecule has 0 rings (SSSR count). The Kier molecular flexibility index (Phi) is 26.8. The number of hydrogen-bond acceptors (Lipinski definition) is 5. The summed E-state index contributed by atoms with van der Waals surface area (Å²) >= 11 is 0. The maximum Gasteiger partial charge on any atom is 0.0469 e. The summed E-state index contributed by atoms with van der Waals surface area (Å²) in [6, 6.07) is 0. The van der Waals surface area contributed by atoms with Gasteiger partial charge < -0.3 is 23.8 Å². The number of rotatable bonds is 26. The summed E-state index contributed by atoms with van der Waals surface area (Å²) in [6.45, 7) is 17.8. The Morgan fingerprint density at radius 1 is 0.469 bits per heavy atom. The van der Waals surface area contributed by atoms with Crippen LogP contribution in [-0.2, 0) is 18.9 Å². The molecule has 0 atom stereocenters. The molecule has 0 saturated heterocycles. The minimum absolute atomic E-state index is 0.0908. The highest BCUT2D eigenvalue weighted by Gasteiger charge is 2.12. The molecule has 0 heterocycles. The number of ether oxygens (including phenoxy) is 4. The summed E-state index contributed by atoms with van der Waals surface area (Å²) in [4.78, 5) is 2.58. The molecule has 0 aromatic heterocycles. The summed E-state index contributed by atoms with van der Waals surface area (Å²) in [5.41, 5.74) is 0. The van der Waals surface area contributed by atoms with Crippen LogP contribution in [0.3, 0.4) is 0 Å². The topological polar surface area (TPSA) is 40.2 Å². The van der Waals surface area contributed by atoms with E-state index < -0.39 is 0 Å². The molecule has 0 unspecified atom stereocenters. The average molecular weight is 496 g/mol. The van der Waals surface area contributed by atoms with Gasteiger partial charge in [-0.25, -0.2) is 0 Å². The van der Waals surface area contributed by atoms with Crippen molar-refractivity contribution in [1.29, 1.82) is 0 Å². The van der Waals surface area contributed by atoms with Gasteiger partial charge >= 0.3 is 0 Å². The molecule has 5 nitrogen and oxygen atoms in total. The SMILES string of the molecule is CCOCCCP(CCCOCC)CCN(C)CCP(CCCOCC)CCCOCC. The van der Waals surface area contributed by atoms with E-state index in [9.17, 15) is 0 Å². The van der Waals surface area contributed by atoms with E-state index in [1.165, 1.54) is 75.7 Å². The average Bonchev–Trinajstić information content (AvgIpc) is 2.80. The fourth-order valence-corrected chi connectivity index (χ4v) is 8.44. The van der Waals surface area contributed by atoms with Gasteiger partial charge in [-0.15, -0.1) is 15.8 Å². The van der Waals surface area contributed by atoms with Gasteiger partial charge in [-0.05, 0) is 97.4 Å². The molecule has 0 radical (unpaired) electrons. The van der Waals surface area contributed by atoms with Gasteiger partial charge in [0.05, 0.1) is 0 Å². The van der Waals surface area contributed by atoms with Crippen LogP contribution in [0, 0.1) is 0 Å². The molecule has 0 spiro atoms. The minimum atomic E-state index is 0.0908. The maximum atomic E-state index is 5.57. The highest BCUT2D eigenvalue weighted by Crippen LogP contribution is 2.38. The third kappa shape index (κ3) is 22.5. The predicted octanol–water partition coefficient (Wildman–Crippen LogP) is 5.59. The van der Waals surface area contributed by atoms with Crippen LogP contribution in [0.4, 0.5) is 0 Å². The van der Waals surface area contributed by atoms with Gasteiger partial charge in [-0.2, -0.15) is 0 Å². The van der Waals surface area contributed by atoms with Crippen LogP contribution in [0.2, 0.25) is 0 Å². The van der Waals surface area contributed by atoms with Crippen molar-refractivity contribution in [2.24, 2.45) is 0 Å². The summed E-state index contributed by atoms with van der Waals surface area (Å²) in [5, 5.41) is 0. The summed E-state index contributed by atoms with van der Waals surface area (Å²) < 4.78 is 22.3. The molecule has 0 bridgehead atoms. The monoisotopic (exact) mass is 495 g/mol. The first-order chi connectivity index (χ1) is 15.7. The first-order valence-corrected chi connectivity index (χ1v) is 16.9. The van der Waals surface area contributed by atoms with Gasteiger partial charge in [0.1, 0.15) is 0 Å². The number of hydrogen-bond donors (Lipinski definition) is 0. The molecule has 0 aliphatic heterocycles. The molecule has 32 heavy (non-hydrogen) atoms. The highest BCUT2D eigenvalue weighted by atomic mass is 31.1. The summed E-state index contributed by atoms with van der Waals surface area (Å²) in [5.74, 6) is 0. The normalized spacial score (nSPS) is 12.0. The molecule has 0 N–H and O–H groups in total. The Bertz CT molecular complexity index is 311. The van der Waals surface area contributed by atoms with Crippen LogP contribution in [0.5, 0.6) is 0 Å². The third-order valence-electron chi connectivity index (χ3n) is 5.46. The van der Waals surface area contributed by atoms with Crippen molar-refractivity contribution in [1.82, 2.24) is 4.90 Å². The Morgan fingerprint density at radius 3 is 1.00 bits per heavy atom. The van der Waals surface area contributed by atoms with Crippen molar-refractivity contribution in [3.05, 3.63) is 0 Å². The Balaban J connectivity index is 4.31. The molecular weight excluding hydrogens is 440 g/mol. The van der Waals surface area contributed by atoms with Gasteiger partial charge in [0, 0.05) is 65.9 Å². The van der Waals surface area contributed by atoms with Crippen molar-refractivity contribution in [2.75, 3.05) is 110 Å². The van der Waals surface area contributed by atoms with Crippen molar-refractivity contribution in [3.8, 4) is 0 Å².